The number of nitrogens with zero attached hydrogens (tertiary/aromatic N) is 4. The van der Waals surface area contributed by atoms with Crippen LogP contribution in [0.15, 0.2) is 11.1 Å². The molecule has 1 unspecified atom stereocenters. The second kappa shape index (κ2) is 11.8. The van der Waals surface area contributed by atoms with Crippen LogP contribution in [0.1, 0.15) is 19.1 Å². The van der Waals surface area contributed by atoms with E-state index >= 15 is 0 Å². The number of aromatic nitrogens is 4. The van der Waals surface area contributed by atoms with Crippen molar-refractivity contribution in [2.24, 2.45) is 5.50 Å². The zero-order valence-corrected chi connectivity index (χ0v) is 19.2. The van der Waals surface area contributed by atoms with Crippen LogP contribution in [0.5, 0.6) is 0 Å². The molecule has 0 spiro atoms. The molecule has 5 atom stereocenters. The van der Waals surface area contributed by atoms with Gasteiger partial charge in [0.05, 0.1) is 19.2 Å². The normalized spacial score (nSPS) is 22.9. The van der Waals surface area contributed by atoms with Gasteiger partial charge in [0.1, 0.15) is 24.5 Å². The van der Waals surface area contributed by atoms with E-state index in [1.807, 2.05) is 0 Å². The van der Waals surface area contributed by atoms with E-state index in [2.05, 4.69) is 20.5 Å². The summed E-state index contributed by atoms with van der Waals surface area (Å²) in [5, 5.41) is 49.4. The maximum atomic E-state index is 11.9. The Bertz CT molecular complexity index is 1160. The number of anilines is 1. The van der Waals surface area contributed by atoms with Gasteiger partial charge in [0.2, 0.25) is 5.95 Å². The first-order valence-corrected chi connectivity index (χ1v) is 11.7. The van der Waals surface area contributed by atoms with Gasteiger partial charge in [0, 0.05) is 13.1 Å². The molecule has 0 aromatic carbocycles. The third-order valence-corrected chi connectivity index (χ3v) is 4.89. The molecule has 2 aromatic rings. The van der Waals surface area contributed by atoms with Crippen molar-refractivity contribution >= 4 is 36.8 Å². The average Bonchev–Trinajstić information content (AvgIpc) is 3.27. The molecule has 0 radical (unpaired) electrons. The number of aliphatic carboxylic acids is 2. The lowest BCUT2D eigenvalue weighted by Crippen LogP contribution is -2.50. The molecule has 1 saturated heterocycles. The molecule has 1 aliphatic rings. The second-order valence-corrected chi connectivity index (χ2v) is 8.75. The first-order valence-electron chi connectivity index (χ1n) is 10.0. The van der Waals surface area contributed by atoms with Gasteiger partial charge in [-0.1, -0.05) is 0 Å². The fraction of sp³-hybridized carbons (Fsp3) is 0.562. The molecule has 3 rings (SSSR count). The summed E-state index contributed by atoms with van der Waals surface area (Å²) in [4.78, 5) is 59.8. The van der Waals surface area contributed by atoms with E-state index in [0.29, 0.717) is 0 Å². The molecule has 1 aliphatic heterocycles. The highest BCUT2D eigenvalue weighted by atomic mass is 31.2. The molecular weight excluding hydrogens is 513 g/mol. The van der Waals surface area contributed by atoms with Crippen LogP contribution in [0.4, 0.5) is 5.95 Å². The van der Waals surface area contributed by atoms with Crippen LogP contribution in [0.25, 0.3) is 11.2 Å². The number of nitrogen functional groups attached to an aromatic ring is 1. The monoisotopic (exact) mass is 539 g/mol. The number of carboxylic acids is 2. The smallest absolute Gasteiger partial charge is 0.397 e. The van der Waals surface area contributed by atoms with Crippen molar-refractivity contribution in [2.75, 3.05) is 18.8 Å². The van der Waals surface area contributed by atoms with Crippen molar-refractivity contribution in [2.45, 2.75) is 43.6 Å². The van der Waals surface area contributed by atoms with Gasteiger partial charge in [0.15, 0.2) is 17.4 Å². The lowest BCUT2D eigenvalue weighted by atomic mass is 10.1. The molecule has 0 saturated carbocycles. The topological polar surface area (TPSA) is 321 Å². The molecule has 1 fully saturated rings. The number of hydrogen-bond donors (Lipinski definition) is 10. The molecule has 2 aromatic heterocycles. The number of nitrogens with one attached hydrogen (secondary N) is 1. The van der Waals surface area contributed by atoms with Crippen molar-refractivity contribution in [3.05, 3.63) is 16.7 Å². The van der Waals surface area contributed by atoms with E-state index in [9.17, 15) is 29.7 Å². The highest BCUT2D eigenvalue weighted by Gasteiger charge is 2.48. The lowest BCUT2D eigenvalue weighted by Gasteiger charge is -2.31. The Morgan fingerprint density at radius 1 is 1.19 bits per heavy atom. The van der Waals surface area contributed by atoms with Crippen LogP contribution in [0.3, 0.4) is 0 Å². The van der Waals surface area contributed by atoms with Gasteiger partial charge in [-0.3, -0.25) is 28.8 Å². The minimum Gasteiger partial charge on any atom is -0.481 e. The average molecular weight is 539 g/mol. The number of ether oxygens (including phenoxy) is 1. The minimum absolute atomic E-state index is 0.0266. The summed E-state index contributed by atoms with van der Waals surface area (Å²) >= 11 is 0. The van der Waals surface area contributed by atoms with Gasteiger partial charge in [-0.15, -0.1) is 0 Å². The predicted octanol–water partition coefficient (Wildman–Crippen LogP) is -4.07. The number of nitrogens with two attached hydrogens (primary N) is 2. The van der Waals surface area contributed by atoms with E-state index in [1.165, 1.54) is 4.57 Å². The van der Waals surface area contributed by atoms with E-state index < -0.39 is 68.9 Å². The van der Waals surface area contributed by atoms with E-state index in [0.717, 1.165) is 11.2 Å². The summed E-state index contributed by atoms with van der Waals surface area (Å²) in [6, 6.07) is 0. The molecule has 36 heavy (non-hydrogen) atoms. The van der Waals surface area contributed by atoms with Crippen LogP contribution in [0, 0.1) is 0 Å². The largest absolute Gasteiger partial charge is 0.481 e. The van der Waals surface area contributed by atoms with Crippen LogP contribution >= 0.6 is 7.75 Å². The maximum Gasteiger partial charge on any atom is 0.397 e. The Morgan fingerprint density at radius 2 is 1.72 bits per heavy atom. The summed E-state index contributed by atoms with van der Waals surface area (Å²) in [5.41, 5.74) is 8.82. The number of carbonyl (C=O) groups is 2. The van der Waals surface area contributed by atoms with Gasteiger partial charge in [-0.2, -0.15) is 4.98 Å². The SMILES string of the molecule is NP(=O)(O)O.Nc1nc2c(ncn2[C@@H]2O[C@H](C(O)N(CCC(=O)O)CCC(=O)O)[C@@H](O)[C@H]2O)c(=O)[nH]1. The van der Waals surface area contributed by atoms with Crippen LogP contribution < -0.4 is 16.8 Å². The zero-order valence-electron chi connectivity index (χ0n) is 18.4. The van der Waals surface area contributed by atoms with Gasteiger partial charge >= 0.3 is 19.7 Å². The molecule has 20 heteroatoms. The Morgan fingerprint density at radius 3 is 2.22 bits per heavy atom. The molecule has 0 amide bonds. The van der Waals surface area contributed by atoms with Crippen LogP contribution in [0.2, 0.25) is 0 Å². The Kier molecular flexibility index (Phi) is 9.60. The van der Waals surface area contributed by atoms with E-state index in [1.54, 1.807) is 0 Å². The summed E-state index contributed by atoms with van der Waals surface area (Å²) in [6.45, 7) is -0.447. The number of aromatic amines is 1. The third-order valence-electron chi connectivity index (χ3n) is 4.89. The van der Waals surface area contributed by atoms with Gasteiger partial charge in [0.25, 0.3) is 5.56 Å². The summed E-state index contributed by atoms with van der Waals surface area (Å²) in [6.07, 6.45) is -7.24. The van der Waals surface area contributed by atoms with E-state index in [4.69, 9.17) is 35.0 Å². The molecular formula is C16H26N7O12P. The minimum atomic E-state index is -4.14. The third kappa shape index (κ3) is 7.75. The number of rotatable bonds is 9. The zero-order chi connectivity index (χ0) is 27.4. The fourth-order valence-electron chi connectivity index (χ4n) is 3.35. The Labute approximate surface area is 200 Å². The quantitative estimate of drug-likeness (QED) is 0.107. The van der Waals surface area contributed by atoms with Crippen LogP contribution in [-0.4, -0.2) is 109 Å². The van der Waals surface area contributed by atoms with Gasteiger partial charge in [-0.25, -0.2) is 15.1 Å². The molecule has 0 aliphatic carbocycles. The molecule has 12 N–H and O–H groups in total. The maximum absolute atomic E-state index is 11.9. The van der Waals surface area contributed by atoms with Crippen molar-refractivity contribution in [3.8, 4) is 0 Å². The summed E-state index contributed by atoms with van der Waals surface area (Å²) in [7, 11) is -4.14. The summed E-state index contributed by atoms with van der Waals surface area (Å²) < 4.78 is 15.9. The number of carboxylic acid groups (broad SMARTS) is 2. The predicted molar refractivity (Wildman–Crippen MR) is 117 cm³/mol. The molecule has 19 nitrogen and oxygen atoms in total. The highest BCUT2D eigenvalue weighted by molar-refractivity contribution is 7.49. The highest BCUT2D eigenvalue weighted by Crippen LogP contribution is 2.33. The number of H-pyrrole nitrogens is 1. The number of aliphatic hydroxyl groups is 3. The number of fused-ring (bicyclic) bond motifs is 1. The molecule has 202 valence electrons. The number of hydrogen-bond acceptors (Lipinski definition) is 12. The van der Waals surface area contributed by atoms with Crippen molar-refractivity contribution < 1.29 is 54.2 Å². The van der Waals surface area contributed by atoms with Crippen molar-refractivity contribution in [1.82, 2.24) is 24.4 Å². The summed E-state index contributed by atoms with van der Waals surface area (Å²) in [5.74, 6) is -2.55. The van der Waals surface area contributed by atoms with E-state index in [-0.39, 0.29) is 30.2 Å². The second-order valence-electron chi connectivity index (χ2n) is 7.57. The Balaban J connectivity index is 0.000000830. The van der Waals surface area contributed by atoms with Crippen molar-refractivity contribution in [1.29, 1.82) is 0 Å². The van der Waals surface area contributed by atoms with Crippen LogP contribution in [-0.2, 0) is 18.9 Å². The van der Waals surface area contributed by atoms with Gasteiger partial charge in [-0.05, 0) is 0 Å². The van der Waals surface area contributed by atoms with Gasteiger partial charge < -0.3 is 45.8 Å². The lowest BCUT2D eigenvalue weighted by molar-refractivity contribution is -0.149. The first-order chi connectivity index (χ1) is 16.6. The first kappa shape index (κ1) is 29.2. The fourth-order valence-corrected chi connectivity index (χ4v) is 3.35. The molecule has 3 heterocycles. The van der Waals surface area contributed by atoms with Crippen molar-refractivity contribution in [3.63, 3.8) is 0 Å². The Hall–Kier alpha value is -3.00. The number of imidazole rings is 1. The number of aliphatic hydroxyl groups excluding tert-OH is 3. The molecule has 0 bridgehead atoms. The standard InChI is InChI=1S/C16H22N6O9.H4NO3P/c17-16-19-12-8(13(29)20-16)18-5-22(12)15-10(28)9(27)11(31-15)14(30)21(3-1-6(23)24)4-2-7(25)26;1-5(2,3)4/h5,9-11,14-15,27-28,30H,1-4H2,(H,23,24)(H,25,26)(H3,17,19,20,29);(H4,1,2,3,4)/t9-,10+,11-,14?,15+;/m0./s1.